The first-order chi connectivity index (χ1) is 12.2. The lowest BCUT2D eigenvalue weighted by Crippen LogP contribution is -2.25. The summed E-state index contributed by atoms with van der Waals surface area (Å²) in [6.45, 7) is 3.51. The van der Waals surface area contributed by atoms with E-state index in [2.05, 4.69) is 4.72 Å². The van der Waals surface area contributed by atoms with Gasteiger partial charge in [0.25, 0.3) is 0 Å². The van der Waals surface area contributed by atoms with Crippen LogP contribution in [0, 0.1) is 0 Å². The van der Waals surface area contributed by atoms with Gasteiger partial charge in [0, 0.05) is 18.8 Å². The van der Waals surface area contributed by atoms with Gasteiger partial charge in [-0.05, 0) is 32.0 Å². The lowest BCUT2D eigenvalue weighted by Gasteiger charge is -2.13. The number of rotatable bonds is 7. The number of carbonyl (C=O) groups excluding carboxylic acids is 2. The first-order valence-electron chi connectivity index (χ1n) is 8.13. The molecular weight excluding hydrogens is 356 g/mol. The predicted molar refractivity (Wildman–Crippen MR) is 96.7 cm³/mol. The van der Waals surface area contributed by atoms with Crippen molar-refractivity contribution in [2.24, 2.45) is 7.05 Å². The summed E-state index contributed by atoms with van der Waals surface area (Å²) in [5.41, 5.74) is 1.60. The molecule has 0 aliphatic heterocycles. The number of Topliss-reactive ketones (excluding diaryl/α,β-unsaturated/α-hetero) is 1. The van der Waals surface area contributed by atoms with Crippen molar-refractivity contribution in [1.29, 1.82) is 0 Å². The van der Waals surface area contributed by atoms with Gasteiger partial charge in [0.05, 0.1) is 0 Å². The van der Waals surface area contributed by atoms with Gasteiger partial charge in [-0.2, -0.15) is 0 Å². The summed E-state index contributed by atoms with van der Waals surface area (Å²) in [4.78, 5) is 24.7. The Labute approximate surface area is 153 Å². The van der Waals surface area contributed by atoms with Gasteiger partial charge in [-0.1, -0.05) is 31.2 Å². The molecule has 7 nitrogen and oxygen atoms in total. The molecule has 0 spiro atoms. The number of nitrogens with zero attached hydrogens (tertiary/aromatic N) is 1. The van der Waals surface area contributed by atoms with Crippen molar-refractivity contribution in [3.8, 4) is 0 Å². The molecule has 1 aromatic carbocycles. The Balaban J connectivity index is 2.14. The van der Waals surface area contributed by atoms with Crippen LogP contribution in [0.25, 0.3) is 0 Å². The Morgan fingerprint density at radius 3 is 2.38 bits per heavy atom. The van der Waals surface area contributed by atoms with Crippen molar-refractivity contribution in [3.63, 3.8) is 0 Å². The Bertz CT molecular complexity index is 914. The second-order valence-electron chi connectivity index (χ2n) is 5.84. The molecule has 0 bridgehead atoms. The number of hydrogen-bond donors (Lipinski definition) is 1. The Kier molecular flexibility index (Phi) is 5.99. The highest BCUT2D eigenvalue weighted by molar-refractivity contribution is 7.89. The Hall–Kier alpha value is -2.45. The van der Waals surface area contributed by atoms with E-state index in [1.165, 1.54) is 37.8 Å². The number of ketones is 1. The number of hydrogen-bond acceptors (Lipinski definition) is 5. The monoisotopic (exact) mass is 378 g/mol. The van der Waals surface area contributed by atoms with Gasteiger partial charge in [0.1, 0.15) is 10.6 Å². The molecule has 0 saturated carbocycles. The van der Waals surface area contributed by atoms with Crippen LogP contribution in [0.5, 0.6) is 0 Å². The lowest BCUT2D eigenvalue weighted by atomic mass is 10.0. The summed E-state index contributed by atoms with van der Waals surface area (Å²) >= 11 is 0. The maximum atomic E-state index is 12.4. The molecular formula is C18H22N2O5S. The highest BCUT2D eigenvalue weighted by atomic mass is 32.2. The van der Waals surface area contributed by atoms with Crippen molar-refractivity contribution in [2.45, 2.75) is 31.3 Å². The molecule has 0 amide bonds. The van der Waals surface area contributed by atoms with Crippen molar-refractivity contribution >= 4 is 21.8 Å². The molecule has 2 aromatic rings. The lowest BCUT2D eigenvalue weighted by molar-refractivity contribution is 0.0309. The number of ether oxygens (including phenoxy) is 1. The molecule has 1 aromatic heterocycles. The highest BCUT2D eigenvalue weighted by Gasteiger charge is 2.24. The van der Waals surface area contributed by atoms with Crippen molar-refractivity contribution < 1.29 is 22.7 Å². The van der Waals surface area contributed by atoms with Crippen molar-refractivity contribution in [2.75, 3.05) is 7.05 Å². The van der Waals surface area contributed by atoms with E-state index >= 15 is 0 Å². The average Bonchev–Trinajstić information content (AvgIpc) is 3.03. The van der Waals surface area contributed by atoms with Crippen LogP contribution in [0.1, 0.15) is 40.3 Å². The number of aromatic nitrogens is 1. The van der Waals surface area contributed by atoms with Crippen LogP contribution in [0.3, 0.4) is 0 Å². The zero-order valence-corrected chi connectivity index (χ0v) is 16.0. The minimum absolute atomic E-state index is 0.0415. The van der Waals surface area contributed by atoms with Crippen LogP contribution >= 0.6 is 0 Å². The van der Waals surface area contributed by atoms with Crippen LogP contribution in [-0.2, 0) is 28.2 Å². The molecule has 0 aliphatic rings. The summed E-state index contributed by atoms with van der Waals surface area (Å²) in [5.74, 6) is -1.09. The van der Waals surface area contributed by atoms with Crippen molar-refractivity contribution in [1.82, 2.24) is 9.29 Å². The third-order valence-electron chi connectivity index (χ3n) is 4.07. The molecule has 0 aliphatic carbocycles. The van der Waals surface area contributed by atoms with Crippen LogP contribution in [0.15, 0.2) is 41.4 Å². The molecule has 0 radical (unpaired) electrons. The normalized spacial score (nSPS) is 12.6. The second kappa shape index (κ2) is 7.84. The highest BCUT2D eigenvalue weighted by Crippen LogP contribution is 2.16. The van der Waals surface area contributed by atoms with Gasteiger partial charge in [-0.25, -0.2) is 17.9 Å². The quantitative estimate of drug-likeness (QED) is 0.587. The number of carbonyl (C=O) groups is 2. The molecule has 26 heavy (non-hydrogen) atoms. The zero-order valence-electron chi connectivity index (χ0n) is 15.1. The number of sulfonamides is 1. The largest absolute Gasteiger partial charge is 0.450 e. The summed E-state index contributed by atoms with van der Waals surface area (Å²) in [6.07, 6.45) is 1.18. The maximum Gasteiger partial charge on any atom is 0.355 e. The molecule has 1 heterocycles. The van der Waals surface area contributed by atoms with E-state index in [0.29, 0.717) is 5.56 Å². The third-order valence-corrected chi connectivity index (χ3v) is 5.45. The third kappa shape index (κ3) is 4.20. The van der Waals surface area contributed by atoms with Gasteiger partial charge < -0.3 is 9.30 Å². The standard InChI is InChI=1S/C18H22N2O5S/c1-5-13-6-8-14(9-7-13)17(21)12(2)25-18(22)16-10-15(11-20(16)4)26(23,24)19-3/h6-12,19H,5H2,1-4H3. The molecule has 2 rings (SSSR count). The molecule has 1 N–H and O–H groups in total. The number of aryl methyl sites for hydroxylation is 2. The fraction of sp³-hybridized carbons (Fsp3) is 0.333. The van der Waals surface area contributed by atoms with E-state index in [0.717, 1.165) is 12.0 Å². The molecule has 8 heteroatoms. The van der Waals surface area contributed by atoms with E-state index in [9.17, 15) is 18.0 Å². The smallest absolute Gasteiger partial charge is 0.355 e. The summed E-state index contributed by atoms with van der Waals surface area (Å²) in [5, 5.41) is 0. The van der Waals surface area contributed by atoms with Gasteiger partial charge in [-0.15, -0.1) is 0 Å². The molecule has 0 fully saturated rings. The first-order valence-corrected chi connectivity index (χ1v) is 9.62. The molecule has 0 saturated heterocycles. The second-order valence-corrected chi connectivity index (χ2v) is 7.73. The zero-order chi connectivity index (χ0) is 19.5. The Morgan fingerprint density at radius 1 is 1.23 bits per heavy atom. The number of benzene rings is 1. The molecule has 140 valence electrons. The molecule has 1 atom stereocenters. The van der Waals surface area contributed by atoms with Gasteiger partial charge in [0.2, 0.25) is 15.8 Å². The van der Waals surface area contributed by atoms with E-state index < -0.39 is 22.1 Å². The maximum absolute atomic E-state index is 12.4. The topological polar surface area (TPSA) is 94.5 Å². The minimum Gasteiger partial charge on any atom is -0.450 e. The van der Waals surface area contributed by atoms with Crippen LogP contribution in [0.4, 0.5) is 0 Å². The number of esters is 1. The van der Waals surface area contributed by atoms with Crippen molar-refractivity contribution in [3.05, 3.63) is 53.3 Å². The van der Waals surface area contributed by atoms with Gasteiger partial charge >= 0.3 is 5.97 Å². The predicted octanol–water partition coefficient (Wildman–Crippen LogP) is 1.92. The van der Waals surface area contributed by atoms with E-state index in [1.54, 1.807) is 12.1 Å². The van der Waals surface area contributed by atoms with Crippen LogP contribution in [-0.4, -0.2) is 37.9 Å². The van der Waals surface area contributed by atoms with Crippen LogP contribution in [0.2, 0.25) is 0 Å². The molecule has 1 unspecified atom stereocenters. The van der Waals surface area contributed by atoms with Gasteiger partial charge in [0.15, 0.2) is 6.10 Å². The van der Waals surface area contributed by atoms with E-state index in [-0.39, 0.29) is 16.4 Å². The fourth-order valence-corrected chi connectivity index (χ4v) is 3.22. The average molecular weight is 378 g/mol. The van der Waals surface area contributed by atoms with E-state index in [4.69, 9.17) is 4.74 Å². The Morgan fingerprint density at radius 2 is 1.85 bits per heavy atom. The fourth-order valence-electron chi connectivity index (χ4n) is 2.42. The minimum atomic E-state index is -3.67. The SMILES string of the molecule is CCc1ccc(C(=O)C(C)OC(=O)c2cc(S(=O)(=O)NC)cn2C)cc1. The van der Waals surface area contributed by atoms with E-state index in [1.807, 2.05) is 19.1 Å². The summed E-state index contributed by atoms with van der Waals surface area (Å²) in [6, 6.07) is 8.32. The van der Waals surface area contributed by atoms with Gasteiger partial charge in [-0.3, -0.25) is 4.79 Å². The summed E-state index contributed by atoms with van der Waals surface area (Å²) < 4.78 is 32.4. The first kappa shape index (κ1) is 19.9. The van der Waals surface area contributed by atoms with Crippen LogP contribution < -0.4 is 4.72 Å². The number of nitrogens with one attached hydrogen (secondary N) is 1. The summed E-state index contributed by atoms with van der Waals surface area (Å²) in [7, 11) is -0.862.